The Kier molecular flexibility index (Phi) is 1.45. The van der Waals surface area contributed by atoms with E-state index in [1.54, 1.807) is 18.2 Å². The number of fused-ring (bicyclic) bond motifs is 1. The third-order valence-corrected chi connectivity index (χ3v) is 1.70. The van der Waals surface area contributed by atoms with E-state index < -0.39 is 5.91 Å². The predicted molar refractivity (Wildman–Crippen MR) is 46.9 cm³/mol. The molecule has 0 radical (unpaired) electrons. The SMILES string of the molecule is NC(=O)c1cccc2oc(N)nc12. The van der Waals surface area contributed by atoms with Crippen molar-refractivity contribution in [1.29, 1.82) is 0 Å². The number of nitrogens with two attached hydrogens (primary N) is 2. The maximum Gasteiger partial charge on any atom is 0.293 e. The van der Waals surface area contributed by atoms with Crippen molar-refractivity contribution in [2.75, 3.05) is 5.73 Å². The molecule has 1 aromatic carbocycles. The molecule has 0 aliphatic carbocycles. The van der Waals surface area contributed by atoms with Crippen molar-refractivity contribution in [3.63, 3.8) is 0 Å². The molecule has 0 fully saturated rings. The van der Waals surface area contributed by atoms with Gasteiger partial charge in [0, 0.05) is 0 Å². The van der Waals surface area contributed by atoms with Gasteiger partial charge in [-0.3, -0.25) is 4.79 Å². The number of hydrogen-bond acceptors (Lipinski definition) is 4. The Hall–Kier alpha value is -2.04. The highest BCUT2D eigenvalue weighted by molar-refractivity contribution is 6.03. The number of nitrogens with zero attached hydrogens (tertiary/aromatic N) is 1. The summed E-state index contributed by atoms with van der Waals surface area (Å²) in [5, 5.41) is 0. The molecule has 2 aromatic rings. The van der Waals surface area contributed by atoms with Crippen molar-refractivity contribution in [2.45, 2.75) is 0 Å². The van der Waals surface area contributed by atoms with Gasteiger partial charge in [-0.1, -0.05) is 6.07 Å². The zero-order valence-electron chi connectivity index (χ0n) is 6.65. The first-order valence-electron chi connectivity index (χ1n) is 3.63. The zero-order valence-corrected chi connectivity index (χ0v) is 6.65. The van der Waals surface area contributed by atoms with Crippen LogP contribution in [0.5, 0.6) is 0 Å². The van der Waals surface area contributed by atoms with Gasteiger partial charge in [0.15, 0.2) is 5.58 Å². The van der Waals surface area contributed by atoms with Gasteiger partial charge in [-0.05, 0) is 12.1 Å². The van der Waals surface area contributed by atoms with E-state index >= 15 is 0 Å². The second-order valence-electron chi connectivity index (χ2n) is 2.57. The Morgan fingerprint density at radius 2 is 2.23 bits per heavy atom. The van der Waals surface area contributed by atoms with E-state index in [4.69, 9.17) is 15.9 Å². The minimum Gasteiger partial charge on any atom is -0.424 e. The van der Waals surface area contributed by atoms with Crippen LogP contribution in [-0.2, 0) is 0 Å². The number of para-hydroxylation sites is 1. The topological polar surface area (TPSA) is 95.1 Å². The number of anilines is 1. The number of carbonyl (C=O) groups is 1. The Morgan fingerprint density at radius 3 is 2.92 bits per heavy atom. The van der Waals surface area contributed by atoms with Gasteiger partial charge >= 0.3 is 0 Å². The molecule has 2 rings (SSSR count). The second-order valence-corrected chi connectivity index (χ2v) is 2.57. The van der Waals surface area contributed by atoms with Gasteiger partial charge in [0.05, 0.1) is 5.56 Å². The molecule has 5 nitrogen and oxygen atoms in total. The number of amides is 1. The van der Waals surface area contributed by atoms with Gasteiger partial charge in [0.2, 0.25) is 0 Å². The molecule has 0 saturated carbocycles. The zero-order chi connectivity index (χ0) is 9.42. The number of oxazole rings is 1. The van der Waals surface area contributed by atoms with E-state index in [0.29, 0.717) is 16.7 Å². The highest BCUT2D eigenvalue weighted by Crippen LogP contribution is 2.19. The minimum absolute atomic E-state index is 0.0312. The van der Waals surface area contributed by atoms with E-state index in [2.05, 4.69) is 4.98 Å². The lowest BCUT2D eigenvalue weighted by molar-refractivity contribution is 0.100. The summed E-state index contributed by atoms with van der Waals surface area (Å²) >= 11 is 0. The molecule has 0 saturated heterocycles. The third-order valence-electron chi connectivity index (χ3n) is 1.70. The highest BCUT2D eigenvalue weighted by Gasteiger charge is 2.10. The molecule has 0 bridgehead atoms. The van der Waals surface area contributed by atoms with Crippen molar-refractivity contribution < 1.29 is 9.21 Å². The first-order chi connectivity index (χ1) is 6.18. The van der Waals surface area contributed by atoms with Crippen molar-refractivity contribution in [3.05, 3.63) is 23.8 Å². The molecular formula is C8H7N3O2. The second kappa shape index (κ2) is 2.48. The molecular weight excluding hydrogens is 170 g/mol. The van der Waals surface area contributed by atoms with Crippen molar-refractivity contribution in [3.8, 4) is 0 Å². The summed E-state index contributed by atoms with van der Waals surface area (Å²) < 4.78 is 5.02. The smallest absolute Gasteiger partial charge is 0.293 e. The van der Waals surface area contributed by atoms with E-state index in [1.807, 2.05) is 0 Å². The normalized spacial score (nSPS) is 10.5. The number of rotatable bonds is 1. The minimum atomic E-state index is -0.543. The monoisotopic (exact) mass is 177 g/mol. The molecule has 5 heteroatoms. The largest absolute Gasteiger partial charge is 0.424 e. The fraction of sp³-hybridized carbons (Fsp3) is 0. The average Bonchev–Trinajstić information content (AvgIpc) is 2.43. The fourth-order valence-corrected chi connectivity index (χ4v) is 1.16. The number of hydrogen-bond donors (Lipinski definition) is 2. The van der Waals surface area contributed by atoms with Crippen molar-refractivity contribution >= 4 is 23.0 Å². The Labute approximate surface area is 73.3 Å². The van der Waals surface area contributed by atoms with Crippen LogP contribution in [0.3, 0.4) is 0 Å². The first-order valence-corrected chi connectivity index (χ1v) is 3.63. The van der Waals surface area contributed by atoms with Crippen molar-refractivity contribution in [1.82, 2.24) is 4.98 Å². The van der Waals surface area contributed by atoms with Gasteiger partial charge in [-0.2, -0.15) is 4.98 Å². The van der Waals surface area contributed by atoms with E-state index in [0.717, 1.165) is 0 Å². The molecule has 0 spiro atoms. The standard InChI is InChI=1S/C8H7N3O2/c9-7(12)4-2-1-3-5-6(4)11-8(10)13-5/h1-3H,(H2,9,12)(H2,10,11). The highest BCUT2D eigenvalue weighted by atomic mass is 16.4. The fourth-order valence-electron chi connectivity index (χ4n) is 1.16. The van der Waals surface area contributed by atoms with Crippen LogP contribution >= 0.6 is 0 Å². The predicted octanol–water partition coefficient (Wildman–Crippen LogP) is 0.509. The summed E-state index contributed by atoms with van der Waals surface area (Å²) in [7, 11) is 0. The molecule has 13 heavy (non-hydrogen) atoms. The molecule has 1 aromatic heterocycles. The molecule has 1 heterocycles. The number of benzene rings is 1. The number of aromatic nitrogens is 1. The van der Waals surface area contributed by atoms with E-state index in [-0.39, 0.29) is 6.01 Å². The molecule has 0 unspecified atom stereocenters. The van der Waals surface area contributed by atoms with Gasteiger partial charge in [0.25, 0.3) is 11.9 Å². The van der Waals surface area contributed by atoms with Crippen LogP contribution in [0.4, 0.5) is 6.01 Å². The van der Waals surface area contributed by atoms with E-state index in [1.165, 1.54) is 0 Å². The lowest BCUT2D eigenvalue weighted by atomic mass is 10.2. The Morgan fingerprint density at radius 1 is 1.46 bits per heavy atom. The molecule has 4 N–H and O–H groups in total. The van der Waals surface area contributed by atoms with E-state index in [9.17, 15) is 4.79 Å². The number of primary amides is 1. The van der Waals surface area contributed by atoms with Gasteiger partial charge in [-0.25, -0.2) is 0 Å². The van der Waals surface area contributed by atoms with Crippen LogP contribution in [-0.4, -0.2) is 10.9 Å². The average molecular weight is 177 g/mol. The molecule has 1 amide bonds. The van der Waals surface area contributed by atoms with Crippen LogP contribution in [0, 0.1) is 0 Å². The van der Waals surface area contributed by atoms with Crippen LogP contribution < -0.4 is 11.5 Å². The Bertz CT molecular complexity index is 475. The molecule has 0 atom stereocenters. The lowest BCUT2D eigenvalue weighted by Crippen LogP contribution is -2.11. The summed E-state index contributed by atoms with van der Waals surface area (Å²) in [5.41, 5.74) is 11.7. The lowest BCUT2D eigenvalue weighted by Gasteiger charge is -1.93. The van der Waals surface area contributed by atoms with Crippen molar-refractivity contribution in [2.24, 2.45) is 5.73 Å². The molecule has 66 valence electrons. The van der Waals surface area contributed by atoms with Crippen LogP contribution in [0.15, 0.2) is 22.6 Å². The maximum absolute atomic E-state index is 10.9. The Balaban J connectivity index is 2.82. The number of nitrogen functional groups attached to an aromatic ring is 1. The molecule has 0 aliphatic rings. The quantitative estimate of drug-likeness (QED) is 0.663. The van der Waals surface area contributed by atoms with Crippen LogP contribution in [0.1, 0.15) is 10.4 Å². The summed E-state index contributed by atoms with van der Waals surface area (Å²) in [4.78, 5) is 14.8. The first kappa shape index (κ1) is 7.60. The van der Waals surface area contributed by atoms with Gasteiger partial charge < -0.3 is 15.9 Å². The van der Waals surface area contributed by atoms with Gasteiger partial charge in [-0.15, -0.1) is 0 Å². The van der Waals surface area contributed by atoms with Gasteiger partial charge in [0.1, 0.15) is 5.52 Å². The summed E-state index contributed by atoms with van der Waals surface area (Å²) in [5.74, 6) is -0.543. The summed E-state index contributed by atoms with van der Waals surface area (Å²) in [6, 6.07) is 4.94. The van der Waals surface area contributed by atoms with Crippen LogP contribution in [0.25, 0.3) is 11.1 Å². The number of carbonyl (C=O) groups excluding carboxylic acids is 1. The summed E-state index contributed by atoms with van der Waals surface area (Å²) in [6.07, 6.45) is 0. The maximum atomic E-state index is 10.9. The third kappa shape index (κ3) is 1.10. The van der Waals surface area contributed by atoms with Crippen LogP contribution in [0.2, 0.25) is 0 Å². The molecule has 0 aliphatic heterocycles. The summed E-state index contributed by atoms with van der Waals surface area (Å²) in [6.45, 7) is 0.